The summed E-state index contributed by atoms with van der Waals surface area (Å²) in [6.45, 7) is 9.32. The minimum absolute atomic E-state index is 0.0601. The Balaban J connectivity index is 2.06. The van der Waals surface area contributed by atoms with E-state index in [1.54, 1.807) is 0 Å². The Labute approximate surface area is 248 Å². The molecule has 0 bridgehead atoms. The lowest BCUT2D eigenvalue weighted by molar-refractivity contribution is -0.140. The summed E-state index contributed by atoms with van der Waals surface area (Å²) in [5.41, 5.74) is 1.89. The maximum absolute atomic E-state index is 14.1. The molecule has 0 aliphatic heterocycles. The molecule has 1 N–H and O–H groups in total. The number of anilines is 1. The van der Waals surface area contributed by atoms with Crippen LogP contribution in [0, 0.1) is 12.7 Å². The van der Waals surface area contributed by atoms with Crippen molar-refractivity contribution in [3.05, 3.63) is 89.7 Å². The molecule has 0 fully saturated rings. The number of aryl methyl sites for hydroxylation is 1. The van der Waals surface area contributed by atoms with E-state index in [0.29, 0.717) is 25.2 Å². The average molecular weight is 598 g/mol. The lowest BCUT2D eigenvalue weighted by Crippen LogP contribution is -2.53. The van der Waals surface area contributed by atoms with E-state index >= 15 is 0 Å². The number of rotatable bonds is 14. The molecular weight excluding hydrogens is 557 g/mol. The largest absolute Gasteiger partial charge is 0.494 e. The van der Waals surface area contributed by atoms with Gasteiger partial charge in [0, 0.05) is 12.6 Å². The maximum Gasteiger partial charge on any atom is 0.264 e. The summed E-state index contributed by atoms with van der Waals surface area (Å²) < 4.78 is 48.1. The van der Waals surface area contributed by atoms with Gasteiger partial charge >= 0.3 is 0 Å². The second-order valence-corrected chi connectivity index (χ2v) is 11.9. The number of amides is 2. The molecular formula is C32H40FN3O5S. The number of nitrogens with one attached hydrogen (secondary N) is 1. The molecule has 42 heavy (non-hydrogen) atoms. The number of halogens is 1. The van der Waals surface area contributed by atoms with Gasteiger partial charge in [-0.2, -0.15) is 0 Å². The van der Waals surface area contributed by atoms with Crippen molar-refractivity contribution in [2.45, 2.75) is 71.0 Å². The maximum atomic E-state index is 14.1. The van der Waals surface area contributed by atoms with Crippen molar-refractivity contribution in [2.75, 3.05) is 17.5 Å². The highest BCUT2D eigenvalue weighted by Crippen LogP contribution is 2.27. The van der Waals surface area contributed by atoms with Gasteiger partial charge in [0.1, 0.15) is 24.2 Å². The normalized spacial score (nSPS) is 12.7. The molecule has 0 aliphatic carbocycles. The first-order valence-electron chi connectivity index (χ1n) is 14.2. The summed E-state index contributed by atoms with van der Waals surface area (Å²) in [7, 11) is -4.28. The van der Waals surface area contributed by atoms with Gasteiger partial charge < -0.3 is 15.0 Å². The lowest BCUT2D eigenvalue weighted by atomic mass is 10.1. The molecule has 226 valence electrons. The molecule has 3 rings (SSSR count). The van der Waals surface area contributed by atoms with Gasteiger partial charge in [-0.25, -0.2) is 12.8 Å². The van der Waals surface area contributed by atoms with Gasteiger partial charge in [-0.05, 0) is 93.3 Å². The van der Waals surface area contributed by atoms with Crippen LogP contribution in [0.15, 0.2) is 77.7 Å². The number of benzene rings is 3. The Hall–Kier alpha value is -3.92. The van der Waals surface area contributed by atoms with Crippen LogP contribution in [0.5, 0.6) is 5.75 Å². The molecule has 2 atom stereocenters. The van der Waals surface area contributed by atoms with Crippen LogP contribution in [0.1, 0.15) is 51.7 Å². The fourth-order valence-electron chi connectivity index (χ4n) is 4.47. The van der Waals surface area contributed by atoms with Gasteiger partial charge in [-0.15, -0.1) is 0 Å². The van der Waals surface area contributed by atoms with Crippen LogP contribution in [-0.4, -0.2) is 50.4 Å². The molecule has 0 saturated carbocycles. The number of hydrogen-bond donors (Lipinski definition) is 1. The zero-order chi connectivity index (χ0) is 30.9. The van der Waals surface area contributed by atoms with Gasteiger partial charge in [0.15, 0.2) is 0 Å². The van der Waals surface area contributed by atoms with Crippen molar-refractivity contribution < 1.29 is 27.1 Å². The number of carbonyl (C=O) groups is 2. The van der Waals surface area contributed by atoms with Crippen LogP contribution in [-0.2, 0) is 26.2 Å². The van der Waals surface area contributed by atoms with E-state index < -0.39 is 34.3 Å². The number of sulfonamides is 1. The van der Waals surface area contributed by atoms with Gasteiger partial charge in [0.2, 0.25) is 11.8 Å². The van der Waals surface area contributed by atoms with Crippen molar-refractivity contribution in [3.8, 4) is 5.75 Å². The third-order valence-corrected chi connectivity index (χ3v) is 8.89. The Bertz CT molecular complexity index is 1450. The van der Waals surface area contributed by atoms with Crippen molar-refractivity contribution >= 4 is 27.5 Å². The molecule has 0 unspecified atom stereocenters. The zero-order valence-corrected chi connectivity index (χ0v) is 25.7. The number of hydrogen-bond acceptors (Lipinski definition) is 5. The van der Waals surface area contributed by atoms with E-state index in [2.05, 4.69) is 5.32 Å². The highest BCUT2D eigenvalue weighted by molar-refractivity contribution is 7.92. The summed E-state index contributed by atoms with van der Waals surface area (Å²) in [4.78, 5) is 28.9. The predicted molar refractivity (Wildman–Crippen MR) is 162 cm³/mol. The molecule has 0 heterocycles. The summed E-state index contributed by atoms with van der Waals surface area (Å²) >= 11 is 0. The average Bonchev–Trinajstić information content (AvgIpc) is 2.97. The molecule has 3 aromatic carbocycles. The summed E-state index contributed by atoms with van der Waals surface area (Å²) in [6.07, 6.45) is 1.04. The summed E-state index contributed by atoms with van der Waals surface area (Å²) in [6, 6.07) is 17.4. The van der Waals surface area contributed by atoms with Crippen molar-refractivity contribution in [2.24, 2.45) is 0 Å². The minimum atomic E-state index is -4.28. The van der Waals surface area contributed by atoms with Crippen LogP contribution < -0.4 is 14.4 Å². The van der Waals surface area contributed by atoms with Crippen molar-refractivity contribution in [1.29, 1.82) is 0 Å². The third-order valence-electron chi connectivity index (χ3n) is 7.11. The minimum Gasteiger partial charge on any atom is -0.494 e. The van der Waals surface area contributed by atoms with E-state index in [-0.39, 0.29) is 29.1 Å². The number of ether oxygens (including phenoxy) is 1. The van der Waals surface area contributed by atoms with Gasteiger partial charge in [0.25, 0.3) is 10.0 Å². The number of nitrogens with zero attached hydrogens (tertiary/aromatic N) is 2. The monoisotopic (exact) mass is 597 g/mol. The Morgan fingerprint density at radius 2 is 1.57 bits per heavy atom. The fraction of sp³-hybridized carbons (Fsp3) is 0.375. The van der Waals surface area contributed by atoms with E-state index in [9.17, 15) is 22.4 Å². The molecule has 10 heteroatoms. The van der Waals surface area contributed by atoms with Crippen molar-refractivity contribution in [3.63, 3.8) is 0 Å². The Kier molecular flexibility index (Phi) is 11.5. The highest BCUT2D eigenvalue weighted by atomic mass is 32.2. The van der Waals surface area contributed by atoms with Crippen LogP contribution in [0.2, 0.25) is 0 Å². The van der Waals surface area contributed by atoms with Crippen LogP contribution in [0.3, 0.4) is 0 Å². The summed E-state index contributed by atoms with van der Waals surface area (Å²) in [5, 5.41) is 2.96. The molecule has 0 saturated heterocycles. The molecule has 0 spiro atoms. The second kappa shape index (κ2) is 14.8. The van der Waals surface area contributed by atoms with Crippen molar-refractivity contribution in [1.82, 2.24) is 10.2 Å². The standard InChI is InChI=1S/C32H40FN3O5S/c1-6-24(5)34-32(38)30(7-2)35(21-25-12-10-9-11-23(25)4)31(37)22-36(27-15-13-26(33)14-16-27)42(39,40)29-19-17-28(18-20-29)41-8-3/h9-20,24,30H,6-8,21-22H2,1-5H3,(H,34,38)/t24-,30+/m0/s1. The Morgan fingerprint density at radius 3 is 2.14 bits per heavy atom. The third kappa shape index (κ3) is 8.09. The van der Waals surface area contributed by atoms with E-state index in [1.807, 2.05) is 58.9 Å². The van der Waals surface area contributed by atoms with Gasteiger partial charge in [-0.3, -0.25) is 13.9 Å². The topological polar surface area (TPSA) is 96.0 Å². The highest BCUT2D eigenvalue weighted by Gasteiger charge is 2.34. The quantitative estimate of drug-likeness (QED) is 0.267. The predicted octanol–water partition coefficient (Wildman–Crippen LogP) is 5.45. The lowest BCUT2D eigenvalue weighted by Gasteiger charge is -2.34. The number of carbonyl (C=O) groups excluding carboxylic acids is 2. The molecule has 0 aliphatic rings. The molecule has 2 amide bonds. The fourth-order valence-corrected chi connectivity index (χ4v) is 5.88. The van der Waals surface area contributed by atoms with E-state index in [4.69, 9.17) is 4.74 Å². The second-order valence-electron chi connectivity index (χ2n) is 10.1. The van der Waals surface area contributed by atoms with E-state index in [0.717, 1.165) is 27.6 Å². The van der Waals surface area contributed by atoms with Crippen LogP contribution >= 0.6 is 0 Å². The summed E-state index contributed by atoms with van der Waals surface area (Å²) in [5.74, 6) is -0.916. The molecule has 8 nitrogen and oxygen atoms in total. The van der Waals surface area contributed by atoms with E-state index in [1.165, 1.54) is 41.3 Å². The first kappa shape index (κ1) is 32.6. The first-order valence-corrected chi connectivity index (χ1v) is 15.6. The van der Waals surface area contributed by atoms with Crippen LogP contribution in [0.4, 0.5) is 10.1 Å². The zero-order valence-electron chi connectivity index (χ0n) is 24.8. The smallest absolute Gasteiger partial charge is 0.264 e. The van der Waals surface area contributed by atoms with Crippen LogP contribution in [0.25, 0.3) is 0 Å². The molecule has 0 aromatic heterocycles. The van der Waals surface area contributed by atoms with Gasteiger partial charge in [-0.1, -0.05) is 38.1 Å². The first-order chi connectivity index (χ1) is 20.0. The SMILES string of the molecule is CCOc1ccc(S(=O)(=O)N(CC(=O)N(Cc2ccccc2C)[C@H](CC)C(=O)N[C@@H](C)CC)c2ccc(F)cc2)cc1. The van der Waals surface area contributed by atoms with Gasteiger partial charge in [0.05, 0.1) is 17.2 Å². The molecule has 3 aromatic rings. The Morgan fingerprint density at radius 1 is 0.929 bits per heavy atom. The molecule has 0 radical (unpaired) electrons.